The van der Waals surface area contributed by atoms with Gasteiger partial charge in [0, 0.05) is 19.4 Å². The standard InChI is InChI=1S/C18H14F3N3O3/c1-24-8-7-15(23-24)14-9-11(17(25)26-2)10-22-16(14)27-13-5-3-12(4-6-13)18(19,20)21/h3-10H,1-2H3. The number of methoxy groups -OCH3 is 1. The topological polar surface area (TPSA) is 66.2 Å². The van der Waals surface area contributed by atoms with Crippen molar-refractivity contribution in [3.63, 3.8) is 0 Å². The summed E-state index contributed by atoms with van der Waals surface area (Å²) in [6.45, 7) is 0. The Labute approximate surface area is 152 Å². The number of pyridine rings is 1. The second-order valence-corrected chi connectivity index (χ2v) is 5.57. The van der Waals surface area contributed by atoms with Crippen molar-refractivity contribution in [1.82, 2.24) is 14.8 Å². The average molecular weight is 377 g/mol. The van der Waals surface area contributed by atoms with E-state index in [0.717, 1.165) is 12.1 Å². The van der Waals surface area contributed by atoms with Crippen LogP contribution in [-0.2, 0) is 18.0 Å². The van der Waals surface area contributed by atoms with E-state index in [2.05, 4.69) is 14.8 Å². The van der Waals surface area contributed by atoms with Crippen LogP contribution in [0.3, 0.4) is 0 Å². The molecule has 140 valence electrons. The number of carbonyl (C=O) groups excluding carboxylic acids is 1. The Kier molecular flexibility index (Phi) is 4.85. The van der Waals surface area contributed by atoms with E-state index in [0.29, 0.717) is 11.3 Å². The lowest BCUT2D eigenvalue weighted by atomic mass is 10.1. The van der Waals surface area contributed by atoms with Gasteiger partial charge in [0.25, 0.3) is 0 Å². The molecular formula is C18H14F3N3O3. The lowest BCUT2D eigenvalue weighted by molar-refractivity contribution is -0.137. The molecule has 0 amide bonds. The van der Waals surface area contributed by atoms with Crippen molar-refractivity contribution in [2.45, 2.75) is 6.18 Å². The first-order valence-corrected chi connectivity index (χ1v) is 7.71. The molecule has 0 fully saturated rings. The van der Waals surface area contributed by atoms with Crippen LogP contribution in [0.15, 0.2) is 48.8 Å². The molecule has 2 heterocycles. The number of ether oxygens (including phenoxy) is 2. The SMILES string of the molecule is COC(=O)c1cnc(Oc2ccc(C(F)(F)F)cc2)c(-c2ccn(C)n2)c1. The minimum Gasteiger partial charge on any atom is -0.465 e. The first kappa shape index (κ1) is 18.4. The lowest BCUT2D eigenvalue weighted by Crippen LogP contribution is -2.05. The highest BCUT2D eigenvalue weighted by molar-refractivity contribution is 5.90. The van der Waals surface area contributed by atoms with Crippen LogP contribution in [0.1, 0.15) is 15.9 Å². The average Bonchev–Trinajstić information content (AvgIpc) is 3.07. The molecular weight excluding hydrogens is 363 g/mol. The van der Waals surface area contributed by atoms with E-state index in [4.69, 9.17) is 4.74 Å². The number of nitrogens with zero attached hydrogens (tertiary/aromatic N) is 3. The third-order valence-corrected chi connectivity index (χ3v) is 3.66. The van der Waals surface area contributed by atoms with Gasteiger partial charge in [-0.2, -0.15) is 18.3 Å². The number of hydrogen-bond donors (Lipinski definition) is 0. The largest absolute Gasteiger partial charge is 0.465 e. The maximum absolute atomic E-state index is 12.7. The van der Waals surface area contributed by atoms with Crippen LogP contribution in [0.2, 0.25) is 0 Å². The van der Waals surface area contributed by atoms with Gasteiger partial charge in [-0.05, 0) is 36.4 Å². The van der Waals surface area contributed by atoms with Crippen molar-refractivity contribution in [2.75, 3.05) is 7.11 Å². The molecule has 2 aromatic heterocycles. The fourth-order valence-corrected chi connectivity index (χ4v) is 2.33. The predicted molar refractivity (Wildman–Crippen MR) is 89.3 cm³/mol. The van der Waals surface area contributed by atoms with Crippen LogP contribution in [0.4, 0.5) is 13.2 Å². The summed E-state index contributed by atoms with van der Waals surface area (Å²) in [5.41, 5.74) is 0.294. The van der Waals surface area contributed by atoms with Crippen LogP contribution in [0.5, 0.6) is 11.6 Å². The Bertz CT molecular complexity index is 966. The first-order chi connectivity index (χ1) is 12.8. The van der Waals surface area contributed by atoms with Crippen molar-refractivity contribution < 1.29 is 27.4 Å². The van der Waals surface area contributed by atoms with E-state index in [-0.39, 0.29) is 17.2 Å². The van der Waals surface area contributed by atoms with Crippen LogP contribution in [-0.4, -0.2) is 27.8 Å². The summed E-state index contributed by atoms with van der Waals surface area (Å²) in [5, 5.41) is 4.25. The summed E-state index contributed by atoms with van der Waals surface area (Å²) in [5.74, 6) is -0.319. The third kappa shape index (κ3) is 4.08. The molecule has 0 aliphatic heterocycles. The number of halogens is 3. The Hall–Kier alpha value is -3.36. The van der Waals surface area contributed by atoms with Gasteiger partial charge in [0.2, 0.25) is 5.88 Å². The van der Waals surface area contributed by atoms with Crippen molar-refractivity contribution >= 4 is 5.97 Å². The van der Waals surface area contributed by atoms with Gasteiger partial charge in [-0.1, -0.05) is 0 Å². The predicted octanol–water partition coefficient (Wildman–Crippen LogP) is 4.08. The second-order valence-electron chi connectivity index (χ2n) is 5.57. The number of benzene rings is 1. The van der Waals surface area contributed by atoms with Crippen molar-refractivity contribution in [3.05, 3.63) is 59.9 Å². The maximum Gasteiger partial charge on any atom is 0.416 e. The van der Waals surface area contributed by atoms with Crippen LogP contribution >= 0.6 is 0 Å². The number of aromatic nitrogens is 3. The molecule has 0 aliphatic carbocycles. The molecule has 0 bridgehead atoms. The molecule has 9 heteroatoms. The summed E-state index contributed by atoms with van der Waals surface area (Å²) in [4.78, 5) is 15.9. The van der Waals surface area contributed by atoms with E-state index >= 15 is 0 Å². The van der Waals surface area contributed by atoms with Gasteiger partial charge >= 0.3 is 12.1 Å². The van der Waals surface area contributed by atoms with E-state index in [1.54, 1.807) is 24.0 Å². The second kappa shape index (κ2) is 7.10. The van der Waals surface area contributed by atoms with Crippen LogP contribution in [0, 0.1) is 0 Å². The molecule has 3 aromatic rings. The first-order valence-electron chi connectivity index (χ1n) is 7.71. The zero-order valence-corrected chi connectivity index (χ0v) is 14.3. The summed E-state index contributed by atoms with van der Waals surface area (Å²) in [6.07, 6.45) is -1.47. The van der Waals surface area contributed by atoms with Crippen LogP contribution in [0.25, 0.3) is 11.3 Å². The Balaban J connectivity index is 1.98. The molecule has 0 aliphatic rings. The van der Waals surface area contributed by atoms with Gasteiger partial charge < -0.3 is 9.47 Å². The zero-order chi connectivity index (χ0) is 19.6. The van der Waals surface area contributed by atoms with Crippen LogP contribution < -0.4 is 4.74 Å². The van der Waals surface area contributed by atoms with Gasteiger partial charge in [-0.3, -0.25) is 4.68 Å². The maximum atomic E-state index is 12.7. The lowest BCUT2D eigenvalue weighted by Gasteiger charge is -2.11. The van der Waals surface area contributed by atoms with Crippen molar-refractivity contribution in [3.8, 4) is 22.9 Å². The highest BCUT2D eigenvalue weighted by Gasteiger charge is 2.30. The van der Waals surface area contributed by atoms with Gasteiger partial charge in [0.1, 0.15) is 5.75 Å². The minimum absolute atomic E-state index is 0.0983. The fraction of sp³-hybridized carbons (Fsp3) is 0.167. The zero-order valence-electron chi connectivity index (χ0n) is 14.3. The molecule has 0 unspecified atom stereocenters. The molecule has 0 saturated heterocycles. The molecule has 0 spiro atoms. The highest BCUT2D eigenvalue weighted by Crippen LogP contribution is 2.34. The number of hydrogen-bond acceptors (Lipinski definition) is 5. The van der Waals surface area contributed by atoms with Gasteiger partial charge in [-0.25, -0.2) is 9.78 Å². The normalized spacial score (nSPS) is 11.3. The number of esters is 1. The molecule has 6 nitrogen and oxygen atoms in total. The Morgan fingerprint density at radius 3 is 2.41 bits per heavy atom. The number of aryl methyl sites for hydroxylation is 1. The van der Waals surface area contributed by atoms with Gasteiger partial charge in [0.05, 0.1) is 29.5 Å². The fourth-order valence-electron chi connectivity index (χ4n) is 2.33. The number of alkyl halides is 3. The monoisotopic (exact) mass is 377 g/mol. The van der Waals surface area contributed by atoms with E-state index in [1.165, 1.54) is 31.5 Å². The van der Waals surface area contributed by atoms with E-state index in [1.807, 2.05) is 0 Å². The minimum atomic E-state index is -4.43. The van der Waals surface area contributed by atoms with Gasteiger partial charge in [0.15, 0.2) is 0 Å². The highest BCUT2D eigenvalue weighted by atomic mass is 19.4. The van der Waals surface area contributed by atoms with E-state index in [9.17, 15) is 18.0 Å². The van der Waals surface area contributed by atoms with E-state index < -0.39 is 17.7 Å². The number of carbonyl (C=O) groups is 1. The molecule has 27 heavy (non-hydrogen) atoms. The molecule has 1 aromatic carbocycles. The van der Waals surface area contributed by atoms with Crippen molar-refractivity contribution in [2.24, 2.45) is 7.05 Å². The molecule has 3 rings (SSSR count). The third-order valence-electron chi connectivity index (χ3n) is 3.66. The summed E-state index contributed by atoms with van der Waals surface area (Å²) in [6, 6.07) is 7.41. The Morgan fingerprint density at radius 1 is 1.15 bits per heavy atom. The van der Waals surface area contributed by atoms with Crippen molar-refractivity contribution in [1.29, 1.82) is 0 Å². The summed E-state index contributed by atoms with van der Waals surface area (Å²) in [7, 11) is 2.97. The molecule has 0 atom stereocenters. The molecule has 0 N–H and O–H groups in total. The number of rotatable bonds is 4. The van der Waals surface area contributed by atoms with Gasteiger partial charge in [-0.15, -0.1) is 0 Å². The smallest absolute Gasteiger partial charge is 0.416 e. The molecule has 0 saturated carbocycles. The summed E-state index contributed by atoms with van der Waals surface area (Å²) < 4.78 is 49.9. The Morgan fingerprint density at radius 2 is 1.85 bits per heavy atom. The quantitative estimate of drug-likeness (QED) is 0.641. The molecule has 0 radical (unpaired) electrons. The summed E-state index contributed by atoms with van der Waals surface area (Å²) >= 11 is 0.